The van der Waals surface area contributed by atoms with E-state index in [-0.39, 0.29) is 0 Å². The van der Waals surface area contributed by atoms with Crippen molar-refractivity contribution < 1.29 is 0 Å². The molecule has 0 aromatic heterocycles. The number of hydrogen-bond acceptors (Lipinski definition) is 0. The predicted molar refractivity (Wildman–Crippen MR) is 195 cm³/mol. The Morgan fingerprint density at radius 3 is 1.12 bits per heavy atom. The minimum atomic E-state index is 1.04. The Morgan fingerprint density at radius 1 is 0.463 bits per heavy atom. The first kappa shape index (κ1) is 43.1. The van der Waals surface area contributed by atoms with E-state index in [1.165, 1.54) is 98.5 Å². The zero-order chi connectivity index (χ0) is 31.6. The lowest BCUT2D eigenvalue weighted by atomic mass is 10.0. The molecule has 0 aliphatic rings. The molecule has 0 amide bonds. The highest BCUT2D eigenvalue weighted by Crippen LogP contribution is 2.15. The van der Waals surface area contributed by atoms with Gasteiger partial charge in [-0.15, -0.1) is 19.7 Å². The molecule has 0 aliphatic carbocycles. The molecule has 0 radical (unpaired) electrons. The smallest absolute Gasteiger partial charge is 0.0142 e. The third kappa shape index (κ3) is 37.7. The van der Waals surface area contributed by atoms with Gasteiger partial charge in [0.2, 0.25) is 0 Å². The summed E-state index contributed by atoms with van der Waals surface area (Å²) in [6.45, 7) is 28.4. The summed E-state index contributed by atoms with van der Waals surface area (Å²) in [6.07, 6.45) is 40.0. The maximum Gasteiger partial charge on any atom is -0.0142 e. The van der Waals surface area contributed by atoms with E-state index >= 15 is 0 Å². The Hall–Kier alpha value is -2.34. The van der Waals surface area contributed by atoms with Crippen molar-refractivity contribution in [1.82, 2.24) is 0 Å². The lowest BCUT2D eigenvalue weighted by molar-refractivity contribution is 0.677. The first-order valence-electron chi connectivity index (χ1n) is 16.4. The van der Waals surface area contributed by atoms with Crippen LogP contribution in [0.5, 0.6) is 0 Å². The van der Waals surface area contributed by atoms with E-state index in [1.807, 2.05) is 18.2 Å². The van der Waals surface area contributed by atoms with Crippen molar-refractivity contribution in [2.45, 2.75) is 152 Å². The van der Waals surface area contributed by atoms with Gasteiger partial charge in [0, 0.05) is 0 Å². The van der Waals surface area contributed by atoms with Gasteiger partial charge in [0.1, 0.15) is 0 Å². The van der Waals surface area contributed by atoms with Crippen LogP contribution in [0.15, 0.2) is 108 Å². The molecule has 0 fully saturated rings. The largest absolute Gasteiger partial charge is 0.103 e. The molecule has 0 bridgehead atoms. The van der Waals surface area contributed by atoms with Crippen LogP contribution < -0.4 is 0 Å². The molecule has 41 heavy (non-hydrogen) atoms. The van der Waals surface area contributed by atoms with Gasteiger partial charge in [-0.1, -0.05) is 101 Å². The second kappa shape index (κ2) is 35.7. The maximum atomic E-state index is 3.78. The third-order valence-corrected chi connectivity index (χ3v) is 6.82. The van der Waals surface area contributed by atoms with E-state index in [1.54, 1.807) is 0 Å². The van der Waals surface area contributed by atoms with Gasteiger partial charge < -0.3 is 0 Å². The molecule has 0 aromatic carbocycles. The van der Waals surface area contributed by atoms with E-state index in [2.05, 4.69) is 118 Å². The average molecular weight is 563 g/mol. The van der Waals surface area contributed by atoms with E-state index < -0.39 is 0 Å². The summed E-state index contributed by atoms with van der Waals surface area (Å²) in [4.78, 5) is 0. The fourth-order valence-electron chi connectivity index (χ4n) is 4.21. The number of hydrogen-bond donors (Lipinski definition) is 0. The topological polar surface area (TPSA) is 0 Å². The van der Waals surface area contributed by atoms with Crippen LogP contribution in [0.3, 0.4) is 0 Å². The van der Waals surface area contributed by atoms with Crippen LogP contribution in [0, 0.1) is 0 Å². The van der Waals surface area contributed by atoms with Crippen LogP contribution in [-0.2, 0) is 0 Å². The fourth-order valence-corrected chi connectivity index (χ4v) is 4.21. The van der Waals surface area contributed by atoms with Gasteiger partial charge in [-0.05, 0) is 139 Å². The highest BCUT2D eigenvalue weighted by Gasteiger charge is 1.95. The summed E-state index contributed by atoms with van der Waals surface area (Å²) in [5.41, 5.74) is 7.43. The van der Waals surface area contributed by atoms with Crippen LogP contribution in [0.4, 0.5) is 0 Å². The maximum absolute atomic E-state index is 3.78. The van der Waals surface area contributed by atoms with Gasteiger partial charge in [-0.3, -0.25) is 0 Å². The lowest BCUT2D eigenvalue weighted by Crippen LogP contribution is -1.83. The average Bonchev–Trinajstić information content (AvgIpc) is 2.95. The predicted octanol–water partition coefficient (Wildman–Crippen LogP) is 14.7. The van der Waals surface area contributed by atoms with Crippen LogP contribution in [0.2, 0.25) is 0 Å². The third-order valence-electron chi connectivity index (χ3n) is 6.82. The van der Waals surface area contributed by atoms with E-state index in [9.17, 15) is 0 Å². The highest BCUT2D eigenvalue weighted by atomic mass is 14.0. The summed E-state index contributed by atoms with van der Waals surface area (Å²) in [6, 6.07) is 0. The molecule has 0 aromatic rings. The van der Waals surface area contributed by atoms with Crippen molar-refractivity contribution in [2.75, 3.05) is 0 Å². The normalized spacial score (nSPS) is 11.6. The molecule has 0 rings (SSSR count). The van der Waals surface area contributed by atoms with E-state index in [0.29, 0.717) is 0 Å². The number of unbranched alkanes of at least 4 members (excludes halogenated alkanes) is 6. The monoisotopic (exact) mass is 563 g/mol. The highest BCUT2D eigenvalue weighted by molar-refractivity contribution is 5.06. The van der Waals surface area contributed by atoms with Crippen molar-refractivity contribution >= 4 is 0 Å². The Morgan fingerprint density at radius 2 is 0.829 bits per heavy atom. The minimum absolute atomic E-state index is 1.04. The van der Waals surface area contributed by atoms with Gasteiger partial charge in [0.25, 0.3) is 0 Å². The molecule has 0 aliphatic heterocycles. The van der Waals surface area contributed by atoms with Crippen molar-refractivity contribution in [3.05, 3.63) is 108 Å². The van der Waals surface area contributed by atoms with E-state index in [0.717, 1.165) is 25.7 Å². The van der Waals surface area contributed by atoms with Crippen molar-refractivity contribution in [2.24, 2.45) is 0 Å². The van der Waals surface area contributed by atoms with Crippen LogP contribution >= 0.6 is 0 Å². The second-order valence-electron chi connectivity index (χ2n) is 11.2. The Bertz CT molecular complexity index is 745. The van der Waals surface area contributed by atoms with Crippen molar-refractivity contribution in [3.8, 4) is 0 Å². The zero-order valence-electron chi connectivity index (χ0n) is 29.0. The summed E-state index contributed by atoms with van der Waals surface area (Å²) in [5, 5.41) is 0. The van der Waals surface area contributed by atoms with Gasteiger partial charge in [-0.25, -0.2) is 0 Å². The summed E-state index contributed by atoms with van der Waals surface area (Å²) in [5.74, 6) is 0. The number of allylic oxidation sites excluding steroid dienone is 15. The Balaban J connectivity index is -0.000000536. The molecule has 0 saturated carbocycles. The minimum Gasteiger partial charge on any atom is -0.103 e. The fraction of sp³-hybridized carbons (Fsp3) is 0.561. The molecular weight excluding hydrogens is 492 g/mol. The van der Waals surface area contributed by atoms with Crippen LogP contribution in [0.25, 0.3) is 0 Å². The van der Waals surface area contributed by atoms with E-state index in [4.69, 9.17) is 0 Å². The van der Waals surface area contributed by atoms with Crippen molar-refractivity contribution in [3.63, 3.8) is 0 Å². The van der Waals surface area contributed by atoms with Gasteiger partial charge in [0.15, 0.2) is 0 Å². The standard InChI is InChI=1S/2C15H26.C11H18/c2*1-5-11-15(6-2)13-10-8-7-9-12-14(3)4;1-4-7-8-10-11(6-3)9-5-2/h2*5-6,12H,1,7-11,13H2,2-4H3;4-7H,2,8-10H2,1,3H3. The quantitative estimate of drug-likeness (QED) is 0.0963. The Kier molecular flexibility index (Phi) is 37.5. The second-order valence-corrected chi connectivity index (χ2v) is 11.2. The summed E-state index contributed by atoms with van der Waals surface area (Å²) >= 11 is 0. The molecule has 0 nitrogen and oxygen atoms in total. The van der Waals surface area contributed by atoms with Gasteiger partial charge in [0.05, 0.1) is 0 Å². The molecule has 234 valence electrons. The van der Waals surface area contributed by atoms with Gasteiger partial charge in [-0.2, -0.15) is 0 Å². The molecule has 0 unspecified atom stereocenters. The Labute approximate surface area is 259 Å². The molecule has 0 N–H and O–H groups in total. The molecule has 0 spiro atoms. The summed E-state index contributed by atoms with van der Waals surface area (Å²) in [7, 11) is 0. The number of rotatable bonds is 21. The molecular formula is C41H70. The molecule has 0 atom stereocenters. The van der Waals surface area contributed by atoms with Crippen LogP contribution in [-0.4, -0.2) is 0 Å². The zero-order valence-corrected chi connectivity index (χ0v) is 29.0. The first-order valence-corrected chi connectivity index (χ1v) is 16.4. The van der Waals surface area contributed by atoms with Crippen molar-refractivity contribution in [1.29, 1.82) is 0 Å². The lowest BCUT2D eigenvalue weighted by Gasteiger charge is -2.03. The SMILES string of the molecule is C=CCC(=CC)CCC=CC.C=CCC(=CC)CCCCCC=C(C)C.C=CCC(=CC)CCCCCC=C(C)C. The molecule has 0 heteroatoms. The van der Waals surface area contributed by atoms with Crippen LogP contribution in [0.1, 0.15) is 152 Å². The molecule has 0 saturated heterocycles. The summed E-state index contributed by atoms with van der Waals surface area (Å²) < 4.78 is 0. The first-order chi connectivity index (χ1) is 19.7. The van der Waals surface area contributed by atoms with Gasteiger partial charge >= 0.3 is 0 Å². The molecule has 0 heterocycles.